The molecule has 1 N–H and O–H groups in total. The minimum Gasteiger partial charge on any atom is -0.396 e. The monoisotopic (exact) mass is 242 g/mol. The summed E-state index contributed by atoms with van der Waals surface area (Å²) < 4.78 is 0. The van der Waals surface area contributed by atoms with Gasteiger partial charge >= 0.3 is 0 Å². The highest BCUT2D eigenvalue weighted by molar-refractivity contribution is 6.30. The van der Waals surface area contributed by atoms with E-state index < -0.39 is 0 Å². The summed E-state index contributed by atoms with van der Waals surface area (Å²) in [6.45, 7) is 2.13. The number of aliphatic hydroxyl groups excluding tert-OH is 1. The van der Waals surface area contributed by atoms with Gasteiger partial charge in [0.2, 0.25) is 0 Å². The van der Waals surface area contributed by atoms with Gasteiger partial charge < -0.3 is 10.0 Å². The zero-order valence-corrected chi connectivity index (χ0v) is 10.5. The number of halogens is 1. The number of pyridine rings is 1. The molecule has 0 aliphatic heterocycles. The molecule has 1 heterocycles. The highest BCUT2D eigenvalue weighted by Crippen LogP contribution is 2.09. The summed E-state index contributed by atoms with van der Waals surface area (Å²) in [5.74, 6) is 0. The van der Waals surface area contributed by atoms with Gasteiger partial charge in [-0.05, 0) is 45.0 Å². The largest absolute Gasteiger partial charge is 0.396 e. The molecule has 90 valence electrons. The van der Waals surface area contributed by atoms with E-state index in [1.165, 1.54) is 0 Å². The number of hydrogen-bond acceptors (Lipinski definition) is 3. The van der Waals surface area contributed by atoms with Gasteiger partial charge in [0.05, 0.1) is 5.69 Å². The molecule has 0 unspecified atom stereocenters. The third-order valence-corrected chi connectivity index (χ3v) is 2.64. The average molecular weight is 243 g/mol. The second-order valence-corrected chi connectivity index (χ2v) is 4.42. The van der Waals surface area contributed by atoms with E-state index in [1.54, 1.807) is 12.3 Å². The predicted octanol–water partition coefficient (Wildman–Crippen LogP) is 2.33. The van der Waals surface area contributed by atoms with Crippen LogP contribution in [-0.2, 0) is 6.54 Å². The number of aliphatic hydroxyl groups is 1. The van der Waals surface area contributed by atoms with Crippen molar-refractivity contribution in [1.29, 1.82) is 0 Å². The number of hydrogen-bond donors (Lipinski definition) is 1. The molecule has 0 radical (unpaired) electrons. The minimum atomic E-state index is 0.291. The van der Waals surface area contributed by atoms with Crippen LogP contribution in [0.4, 0.5) is 0 Å². The molecule has 1 rings (SSSR count). The Bertz CT molecular complexity index is 307. The molecule has 0 atom stereocenters. The van der Waals surface area contributed by atoms with Crippen LogP contribution in [0.1, 0.15) is 25.0 Å². The van der Waals surface area contributed by atoms with Crippen LogP contribution in [0.25, 0.3) is 0 Å². The first kappa shape index (κ1) is 13.4. The zero-order chi connectivity index (χ0) is 11.8. The van der Waals surface area contributed by atoms with Crippen molar-refractivity contribution in [2.45, 2.75) is 25.8 Å². The van der Waals surface area contributed by atoms with Crippen molar-refractivity contribution in [3.05, 3.63) is 29.0 Å². The summed E-state index contributed by atoms with van der Waals surface area (Å²) in [4.78, 5) is 6.48. The lowest BCUT2D eigenvalue weighted by molar-refractivity contribution is 0.270. The average Bonchev–Trinajstić information content (AvgIpc) is 2.24. The van der Waals surface area contributed by atoms with Crippen LogP contribution in [0.5, 0.6) is 0 Å². The Morgan fingerprint density at radius 1 is 1.38 bits per heavy atom. The van der Waals surface area contributed by atoms with Crippen LogP contribution in [-0.4, -0.2) is 35.2 Å². The van der Waals surface area contributed by atoms with Gasteiger partial charge in [-0.2, -0.15) is 0 Å². The highest BCUT2D eigenvalue weighted by Gasteiger charge is 2.01. The number of unbranched alkanes of at least 4 members (excludes halogenated alkanes) is 2. The van der Waals surface area contributed by atoms with E-state index in [9.17, 15) is 0 Å². The summed E-state index contributed by atoms with van der Waals surface area (Å²) in [5, 5.41) is 9.39. The fourth-order valence-electron chi connectivity index (χ4n) is 1.56. The molecule has 0 spiro atoms. The molecule has 0 aliphatic rings. The summed E-state index contributed by atoms with van der Waals surface area (Å²) in [6, 6.07) is 3.68. The molecule has 0 aromatic carbocycles. The molecule has 0 bridgehead atoms. The molecule has 0 aliphatic carbocycles. The highest BCUT2D eigenvalue weighted by atomic mass is 35.5. The first-order valence-electron chi connectivity index (χ1n) is 5.62. The maximum atomic E-state index is 8.66. The fourth-order valence-corrected chi connectivity index (χ4v) is 1.74. The van der Waals surface area contributed by atoms with Crippen molar-refractivity contribution in [2.24, 2.45) is 0 Å². The number of aromatic nitrogens is 1. The third-order valence-electron chi connectivity index (χ3n) is 2.41. The normalized spacial score (nSPS) is 11.0. The summed E-state index contributed by atoms with van der Waals surface area (Å²) in [6.07, 6.45) is 4.81. The lowest BCUT2D eigenvalue weighted by Crippen LogP contribution is -2.19. The SMILES string of the molecule is CN(CCCCCO)Cc1cc(Cl)ccn1. The Morgan fingerprint density at radius 3 is 2.88 bits per heavy atom. The molecule has 0 fully saturated rings. The topological polar surface area (TPSA) is 36.4 Å². The third kappa shape index (κ3) is 5.45. The molecule has 1 aromatic rings. The van der Waals surface area contributed by atoms with E-state index in [0.717, 1.165) is 43.1 Å². The maximum absolute atomic E-state index is 8.66. The summed E-state index contributed by atoms with van der Waals surface area (Å²) in [5.41, 5.74) is 0.997. The molecule has 4 heteroatoms. The van der Waals surface area contributed by atoms with Gasteiger partial charge in [0, 0.05) is 24.4 Å². The first-order chi connectivity index (χ1) is 7.72. The molecule has 0 saturated carbocycles. The summed E-state index contributed by atoms with van der Waals surface area (Å²) in [7, 11) is 2.07. The van der Waals surface area contributed by atoms with Crippen LogP contribution >= 0.6 is 11.6 Å². The van der Waals surface area contributed by atoms with Gasteiger partial charge in [0.1, 0.15) is 0 Å². The lowest BCUT2D eigenvalue weighted by atomic mass is 10.2. The van der Waals surface area contributed by atoms with Gasteiger partial charge in [0.15, 0.2) is 0 Å². The van der Waals surface area contributed by atoms with Gasteiger partial charge in [-0.1, -0.05) is 11.6 Å². The van der Waals surface area contributed by atoms with E-state index in [2.05, 4.69) is 16.9 Å². The Kier molecular flexibility index (Phi) is 6.38. The van der Waals surface area contributed by atoms with E-state index in [-0.39, 0.29) is 0 Å². The Labute approximate surface area is 102 Å². The van der Waals surface area contributed by atoms with E-state index in [1.807, 2.05) is 6.07 Å². The van der Waals surface area contributed by atoms with Crippen LogP contribution in [0.15, 0.2) is 18.3 Å². The van der Waals surface area contributed by atoms with Gasteiger partial charge in [0.25, 0.3) is 0 Å². The molecular weight excluding hydrogens is 224 g/mol. The van der Waals surface area contributed by atoms with Gasteiger partial charge in [-0.3, -0.25) is 4.98 Å². The van der Waals surface area contributed by atoms with Crippen molar-refractivity contribution < 1.29 is 5.11 Å². The van der Waals surface area contributed by atoms with Crippen molar-refractivity contribution in [3.8, 4) is 0 Å². The predicted molar refractivity (Wildman–Crippen MR) is 66.5 cm³/mol. The van der Waals surface area contributed by atoms with Crippen LogP contribution in [0.3, 0.4) is 0 Å². The van der Waals surface area contributed by atoms with Gasteiger partial charge in [-0.15, -0.1) is 0 Å². The Hall–Kier alpha value is -0.640. The molecule has 3 nitrogen and oxygen atoms in total. The molecule has 0 amide bonds. The maximum Gasteiger partial charge on any atom is 0.0558 e. The van der Waals surface area contributed by atoms with Crippen LogP contribution in [0, 0.1) is 0 Å². The van der Waals surface area contributed by atoms with Crippen molar-refractivity contribution in [2.75, 3.05) is 20.2 Å². The fraction of sp³-hybridized carbons (Fsp3) is 0.583. The molecule has 16 heavy (non-hydrogen) atoms. The van der Waals surface area contributed by atoms with E-state index in [0.29, 0.717) is 6.61 Å². The Balaban J connectivity index is 2.25. The lowest BCUT2D eigenvalue weighted by Gasteiger charge is -2.15. The van der Waals surface area contributed by atoms with Crippen molar-refractivity contribution >= 4 is 11.6 Å². The van der Waals surface area contributed by atoms with Gasteiger partial charge in [-0.25, -0.2) is 0 Å². The van der Waals surface area contributed by atoms with E-state index in [4.69, 9.17) is 16.7 Å². The smallest absolute Gasteiger partial charge is 0.0558 e. The second kappa shape index (κ2) is 7.60. The van der Waals surface area contributed by atoms with Crippen LogP contribution < -0.4 is 0 Å². The standard InChI is InChI=1S/C12H19ClN2O/c1-15(7-3-2-4-8-16)10-12-9-11(13)5-6-14-12/h5-6,9,16H,2-4,7-8,10H2,1H3. The first-order valence-corrected chi connectivity index (χ1v) is 6.00. The van der Waals surface area contributed by atoms with Crippen molar-refractivity contribution in [3.63, 3.8) is 0 Å². The molecule has 1 aromatic heterocycles. The van der Waals surface area contributed by atoms with Crippen molar-refractivity contribution in [1.82, 2.24) is 9.88 Å². The second-order valence-electron chi connectivity index (χ2n) is 3.99. The molecule has 0 saturated heterocycles. The number of rotatable bonds is 7. The van der Waals surface area contributed by atoms with E-state index >= 15 is 0 Å². The van der Waals surface area contributed by atoms with Crippen LogP contribution in [0.2, 0.25) is 5.02 Å². The zero-order valence-electron chi connectivity index (χ0n) is 9.69. The number of nitrogens with zero attached hydrogens (tertiary/aromatic N) is 2. The summed E-state index contributed by atoms with van der Waals surface area (Å²) >= 11 is 5.89. The molecular formula is C12H19ClN2O. The quantitative estimate of drug-likeness (QED) is 0.746. The Morgan fingerprint density at radius 2 is 2.19 bits per heavy atom. The minimum absolute atomic E-state index is 0.291.